The van der Waals surface area contributed by atoms with Crippen molar-refractivity contribution in [1.82, 2.24) is 15.5 Å². The molecule has 0 spiro atoms. The summed E-state index contributed by atoms with van der Waals surface area (Å²) in [5, 5.41) is 5.99. The average molecular weight is 576 g/mol. The summed E-state index contributed by atoms with van der Waals surface area (Å²) in [6, 6.07) is 18.0. The van der Waals surface area contributed by atoms with E-state index in [0.717, 1.165) is 22.3 Å². The molecule has 0 radical (unpaired) electrons. The molecule has 0 unspecified atom stereocenters. The maximum absolute atomic E-state index is 13.5. The Bertz CT molecular complexity index is 1460. The molecular formula is C31H33N3O6S. The lowest BCUT2D eigenvalue weighted by atomic mass is 9.97. The Hall–Kier alpha value is -4.18. The van der Waals surface area contributed by atoms with E-state index in [1.54, 1.807) is 36.3 Å². The summed E-state index contributed by atoms with van der Waals surface area (Å²) in [5.74, 6) is 1.34. The number of rotatable bonds is 3. The first-order valence-electron chi connectivity index (χ1n) is 13.4. The van der Waals surface area contributed by atoms with Gasteiger partial charge in [0.15, 0.2) is 18.1 Å². The van der Waals surface area contributed by atoms with Gasteiger partial charge in [-0.05, 0) is 71.8 Å². The van der Waals surface area contributed by atoms with Gasteiger partial charge in [0.2, 0.25) is 5.91 Å². The number of benzene rings is 3. The monoisotopic (exact) mass is 575 g/mol. The molecule has 6 rings (SSSR count). The number of ether oxygens (including phenoxy) is 3. The second-order valence-electron chi connectivity index (χ2n) is 10.1. The van der Waals surface area contributed by atoms with Gasteiger partial charge in [-0.2, -0.15) is 11.8 Å². The molecule has 0 aliphatic carbocycles. The number of amides is 3. The van der Waals surface area contributed by atoms with Crippen LogP contribution in [0.3, 0.4) is 0 Å². The number of likely N-dealkylation sites (tertiary alicyclic amines) is 1. The van der Waals surface area contributed by atoms with Crippen molar-refractivity contribution in [3.05, 3.63) is 77.4 Å². The van der Waals surface area contributed by atoms with Crippen LogP contribution in [0.4, 0.5) is 0 Å². The number of hydrogen-bond donors (Lipinski definition) is 2. The van der Waals surface area contributed by atoms with Gasteiger partial charge < -0.3 is 29.7 Å². The molecule has 3 aliphatic heterocycles. The van der Waals surface area contributed by atoms with Gasteiger partial charge in [-0.15, -0.1) is 0 Å². The third kappa shape index (κ3) is 6.59. The summed E-state index contributed by atoms with van der Waals surface area (Å²) >= 11 is 1.46. The molecule has 1 saturated heterocycles. The lowest BCUT2D eigenvalue weighted by molar-refractivity contribution is -0.127. The minimum atomic E-state index is -0.492. The van der Waals surface area contributed by atoms with Crippen LogP contribution in [0.2, 0.25) is 0 Å². The van der Waals surface area contributed by atoms with E-state index >= 15 is 0 Å². The van der Waals surface area contributed by atoms with Gasteiger partial charge in [0.25, 0.3) is 11.8 Å². The summed E-state index contributed by atoms with van der Waals surface area (Å²) < 4.78 is 17.7. The molecule has 3 heterocycles. The molecule has 9 nitrogen and oxygen atoms in total. The topological polar surface area (TPSA) is 106 Å². The Morgan fingerprint density at radius 1 is 1.07 bits per heavy atom. The summed E-state index contributed by atoms with van der Waals surface area (Å²) in [4.78, 5) is 40.6. The van der Waals surface area contributed by atoms with E-state index < -0.39 is 12.1 Å². The lowest BCUT2D eigenvalue weighted by Crippen LogP contribution is -2.45. The van der Waals surface area contributed by atoms with E-state index in [1.807, 2.05) is 49.6 Å². The van der Waals surface area contributed by atoms with Gasteiger partial charge in [-0.1, -0.05) is 24.3 Å². The maximum Gasteiger partial charge on any atom is 0.258 e. The van der Waals surface area contributed by atoms with Crippen LogP contribution in [0.25, 0.3) is 11.1 Å². The minimum absolute atomic E-state index is 0.00820. The average Bonchev–Trinajstić information content (AvgIpc) is 3.37. The van der Waals surface area contributed by atoms with Gasteiger partial charge in [-0.3, -0.25) is 14.4 Å². The Balaban J connectivity index is 1.51. The van der Waals surface area contributed by atoms with E-state index in [4.69, 9.17) is 14.2 Å². The van der Waals surface area contributed by atoms with Crippen LogP contribution in [0, 0.1) is 6.92 Å². The SMILES string of the molecule is COc1cc2ccc1O[C@H]1CN(C(=O)CSC)C[C@@H]1NC(=O)c1ccc(C)c(c1)-c1cccc(c1)OCC(=O)NC2. The van der Waals surface area contributed by atoms with Crippen LogP contribution in [-0.2, 0) is 16.1 Å². The van der Waals surface area contributed by atoms with E-state index in [1.165, 1.54) is 11.8 Å². The first-order valence-corrected chi connectivity index (χ1v) is 14.8. The molecule has 41 heavy (non-hydrogen) atoms. The number of nitrogens with zero attached hydrogens (tertiary/aromatic N) is 1. The fourth-order valence-corrected chi connectivity index (χ4v) is 5.44. The number of carbonyl (C=O) groups is 3. The highest BCUT2D eigenvalue weighted by atomic mass is 32.2. The molecule has 3 amide bonds. The number of nitrogens with one attached hydrogen (secondary N) is 2. The van der Waals surface area contributed by atoms with Crippen LogP contribution in [-0.4, -0.2) is 73.6 Å². The number of thioether (sulfide) groups is 1. The Kier molecular flexibility index (Phi) is 8.68. The molecule has 10 heteroatoms. The van der Waals surface area contributed by atoms with Crippen molar-refractivity contribution in [1.29, 1.82) is 0 Å². The second kappa shape index (κ2) is 12.6. The maximum atomic E-state index is 13.5. The predicted octanol–water partition coefficient (Wildman–Crippen LogP) is 3.43. The van der Waals surface area contributed by atoms with Crippen molar-refractivity contribution in [3.63, 3.8) is 0 Å². The zero-order valence-electron chi connectivity index (χ0n) is 23.3. The zero-order valence-corrected chi connectivity index (χ0v) is 24.1. The highest BCUT2D eigenvalue weighted by Gasteiger charge is 2.38. The van der Waals surface area contributed by atoms with Crippen LogP contribution >= 0.6 is 11.8 Å². The molecule has 214 valence electrons. The quantitative estimate of drug-likeness (QED) is 0.493. The van der Waals surface area contributed by atoms with Crippen LogP contribution in [0.1, 0.15) is 21.5 Å². The van der Waals surface area contributed by atoms with Crippen LogP contribution < -0.4 is 24.8 Å². The first-order chi connectivity index (χ1) is 19.8. The predicted molar refractivity (Wildman–Crippen MR) is 158 cm³/mol. The largest absolute Gasteiger partial charge is 0.493 e. The number of methoxy groups -OCH3 is 1. The Morgan fingerprint density at radius 3 is 2.73 bits per heavy atom. The summed E-state index contributed by atoms with van der Waals surface area (Å²) in [7, 11) is 1.54. The number of fused-ring (bicyclic) bond motifs is 7. The third-order valence-electron chi connectivity index (χ3n) is 7.21. The smallest absolute Gasteiger partial charge is 0.258 e. The summed E-state index contributed by atoms with van der Waals surface area (Å²) in [6.07, 6.45) is 1.39. The van der Waals surface area contributed by atoms with Crippen molar-refractivity contribution in [3.8, 4) is 28.4 Å². The van der Waals surface area contributed by atoms with Gasteiger partial charge >= 0.3 is 0 Å². The minimum Gasteiger partial charge on any atom is -0.493 e. The number of carbonyl (C=O) groups excluding carboxylic acids is 3. The Morgan fingerprint density at radius 2 is 1.93 bits per heavy atom. The van der Waals surface area contributed by atoms with Crippen molar-refractivity contribution in [2.24, 2.45) is 0 Å². The van der Waals surface area contributed by atoms with Crippen molar-refractivity contribution in [2.45, 2.75) is 25.6 Å². The van der Waals surface area contributed by atoms with Crippen molar-refractivity contribution < 1.29 is 28.6 Å². The van der Waals surface area contributed by atoms with Crippen molar-refractivity contribution in [2.75, 3.05) is 38.8 Å². The lowest BCUT2D eigenvalue weighted by Gasteiger charge is -2.23. The molecule has 3 aromatic carbocycles. The standard InChI is InChI=1S/C31H33N3O6S/c1-19-7-9-22-13-24(19)21-5-4-6-23(12-21)39-17-29(35)32-14-20-8-10-26(27(11-20)38-2)40-28-16-34(30(36)18-41-3)15-25(28)33-31(22)37/h4-13,25,28H,14-18H2,1-3H3,(H,32,35)(H,33,37)/t25-,28-/m0/s1. The van der Waals surface area contributed by atoms with Crippen LogP contribution in [0.5, 0.6) is 17.2 Å². The number of hydrogen-bond acceptors (Lipinski definition) is 7. The molecule has 2 atom stereocenters. The number of aryl methyl sites for hydroxylation is 1. The molecule has 0 saturated carbocycles. The van der Waals surface area contributed by atoms with E-state index in [2.05, 4.69) is 10.6 Å². The second-order valence-corrected chi connectivity index (χ2v) is 10.9. The molecule has 2 N–H and O–H groups in total. The third-order valence-corrected chi connectivity index (χ3v) is 7.75. The molecule has 1 fully saturated rings. The van der Waals surface area contributed by atoms with Crippen LogP contribution in [0.15, 0.2) is 60.7 Å². The summed E-state index contributed by atoms with van der Waals surface area (Å²) in [6.45, 7) is 2.78. The summed E-state index contributed by atoms with van der Waals surface area (Å²) in [5.41, 5.74) is 4.04. The van der Waals surface area contributed by atoms with Gasteiger partial charge in [0.1, 0.15) is 11.9 Å². The van der Waals surface area contributed by atoms with Gasteiger partial charge in [0, 0.05) is 18.7 Å². The Labute approximate surface area is 243 Å². The highest BCUT2D eigenvalue weighted by molar-refractivity contribution is 7.99. The molecule has 0 aromatic heterocycles. The van der Waals surface area contributed by atoms with E-state index in [-0.39, 0.29) is 30.9 Å². The fourth-order valence-electron chi connectivity index (χ4n) is 5.01. The van der Waals surface area contributed by atoms with Crippen molar-refractivity contribution >= 4 is 29.5 Å². The van der Waals surface area contributed by atoms with E-state index in [0.29, 0.717) is 41.7 Å². The zero-order chi connectivity index (χ0) is 28.9. The first kappa shape index (κ1) is 28.4. The highest BCUT2D eigenvalue weighted by Crippen LogP contribution is 2.32. The molecule has 3 aromatic rings. The van der Waals surface area contributed by atoms with Gasteiger partial charge in [0.05, 0.1) is 25.4 Å². The normalized spacial score (nSPS) is 18.9. The fraction of sp³-hybridized carbons (Fsp3) is 0.323. The molecular weight excluding hydrogens is 542 g/mol. The molecule has 3 aliphatic rings. The van der Waals surface area contributed by atoms with Gasteiger partial charge in [-0.25, -0.2) is 0 Å². The molecule has 6 bridgehead atoms. The van der Waals surface area contributed by atoms with E-state index in [9.17, 15) is 14.4 Å².